The second kappa shape index (κ2) is 6.99. The molecule has 0 heterocycles. The van der Waals surface area contributed by atoms with E-state index in [0.29, 0.717) is 24.5 Å². The van der Waals surface area contributed by atoms with Gasteiger partial charge in [0.15, 0.2) is 0 Å². The monoisotopic (exact) mass is 263 g/mol. The molecule has 0 spiro atoms. The summed E-state index contributed by atoms with van der Waals surface area (Å²) in [6, 6.07) is 6.89. The summed E-state index contributed by atoms with van der Waals surface area (Å²) in [5.41, 5.74) is 6.96. The fourth-order valence-corrected chi connectivity index (χ4v) is 1.70. The van der Waals surface area contributed by atoms with Crippen LogP contribution in [0.15, 0.2) is 24.3 Å². The van der Waals surface area contributed by atoms with E-state index in [-0.39, 0.29) is 6.03 Å². The highest BCUT2D eigenvalue weighted by molar-refractivity contribution is 5.89. The molecule has 1 fully saturated rings. The van der Waals surface area contributed by atoms with Gasteiger partial charge in [-0.05, 0) is 43.4 Å². The van der Waals surface area contributed by atoms with Crippen molar-refractivity contribution in [2.45, 2.75) is 19.3 Å². The maximum Gasteiger partial charge on any atom is 0.319 e. The van der Waals surface area contributed by atoms with E-state index in [4.69, 9.17) is 10.5 Å². The number of nitrogens with two attached hydrogens (primary N) is 1. The number of urea groups is 1. The summed E-state index contributed by atoms with van der Waals surface area (Å²) < 4.78 is 5.49. The van der Waals surface area contributed by atoms with Crippen molar-refractivity contribution < 1.29 is 9.53 Å². The average molecular weight is 263 g/mol. The molecule has 5 heteroatoms. The Labute approximate surface area is 113 Å². The second-order valence-corrected chi connectivity index (χ2v) is 4.88. The van der Waals surface area contributed by atoms with E-state index in [1.54, 1.807) is 24.3 Å². The first kappa shape index (κ1) is 13.7. The molecule has 1 aromatic carbocycles. The second-order valence-electron chi connectivity index (χ2n) is 4.88. The van der Waals surface area contributed by atoms with E-state index in [2.05, 4.69) is 10.6 Å². The molecule has 0 radical (unpaired) electrons. The summed E-state index contributed by atoms with van der Waals surface area (Å²) in [5.74, 6) is 0.791. The number of anilines is 2. The standard InChI is InChI=1S/C14H21N3O2/c15-12-3-1-4-13(9-12)17-14(18)16-7-2-8-19-10-11-5-6-11/h1,3-4,9,11H,2,5-8,10,15H2,(H2,16,17,18). The number of hydrogen-bond acceptors (Lipinski definition) is 3. The number of rotatable bonds is 7. The fourth-order valence-electron chi connectivity index (χ4n) is 1.70. The van der Waals surface area contributed by atoms with Crippen LogP contribution in [-0.2, 0) is 4.74 Å². The minimum absolute atomic E-state index is 0.215. The van der Waals surface area contributed by atoms with Crippen molar-refractivity contribution in [3.63, 3.8) is 0 Å². The Hall–Kier alpha value is -1.75. The molecule has 2 amide bonds. The molecule has 0 bridgehead atoms. The molecular weight excluding hydrogens is 242 g/mol. The van der Waals surface area contributed by atoms with Crippen LogP contribution in [0.25, 0.3) is 0 Å². The zero-order valence-corrected chi connectivity index (χ0v) is 11.0. The van der Waals surface area contributed by atoms with Crippen molar-refractivity contribution in [2.75, 3.05) is 30.8 Å². The molecule has 1 aliphatic rings. The number of amides is 2. The van der Waals surface area contributed by atoms with E-state index in [9.17, 15) is 4.79 Å². The van der Waals surface area contributed by atoms with Crippen molar-refractivity contribution in [1.82, 2.24) is 5.32 Å². The molecule has 104 valence electrons. The molecule has 4 N–H and O–H groups in total. The third-order valence-electron chi connectivity index (χ3n) is 2.95. The molecule has 0 atom stereocenters. The number of carbonyl (C=O) groups excluding carboxylic acids is 1. The Morgan fingerprint density at radius 1 is 1.42 bits per heavy atom. The summed E-state index contributed by atoms with van der Waals surface area (Å²) in [7, 11) is 0. The third-order valence-corrected chi connectivity index (χ3v) is 2.95. The van der Waals surface area contributed by atoms with Gasteiger partial charge in [-0.2, -0.15) is 0 Å². The summed E-state index contributed by atoms with van der Waals surface area (Å²) >= 11 is 0. The maximum absolute atomic E-state index is 11.6. The van der Waals surface area contributed by atoms with Gasteiger partial charge in [0.2, 0.25) is 0 Å². The molecule has 2 rings (SSSR count). The van der Waals surface area contributed by atoms with Crippen molar-refractivity contribution in [3.8, 4) is 0 Å². The highest BCUT2D eigenvalue weighted by atomic mass is 16.5. The normalized spacial score (nSPS) is 14.1. The van der Waals surface area contributed by atoms with Crippen LogP contribution in [0.5, 0.6) is 0 Å². The molecular formula is C14H21N3O2. The van der Waals surface area contributed by atoms with Gasteiger partial charge in [0.05, 0.1) is 0 Å². The number of hydrogen-bond donors (Lipinski definition) is 3. The van der Waals surface area contributed by atoms with Gasteiger partial charge in [-0.1, -0.05) is 6.07 Å². The summed E-state index contributed by atoms with van der Waals surface area (Å²) in [6.45, 7) is 2.18. The lowest BCUT2D eigenvalue weighted by molar-refractivity contribution is 0.122. The quantitative estimate of drug-likeness (QED) is 0.521. The van der Waals surface area contributed by atoms with E-state index >= 15 is 0 Å². The van der Waals surface area contributed by atoms with Crippen LogP contribution in [0.2, 0.25) is 0 Å². The molecule has 1 aromatic rings. The van der Waals surface area contributed by atoms with Crippen molar-refractivity contribution in [2.24, 2.45) is 5.92 Å². The maximum atomic E-state index is 11.6. The molecule has 0 saturated heterocycles. The highest BCUT2D eigenvalue weighted by Gasteiger charge is 2.20. The minimum atomic E-state index is -0.215. The largest absolute Gasteiger partial charge is 0.399 e. The van der Waals surface area contributed by atoms with Crippen LogP contribution in [0, 0.1) is 5.92 Å². The van der Waals surface area contributed by atoms with E-state index < -0.39 is 0 Å². The van der Waals surface area contributed by atoms with Gasteiger partial charge in [-0.3, -0.25) is 0 Å². The Kier molecular flexibility index (Phi) is 5.03. The van der Waals surface area contributed by atoms with Crippen molar-refractivity contribution in [1.29, 1.82) is 0 Å². The lowest BCUT2D eigenvalue weighted by atomic mass is 10.3. The zero-order valence-electron chi connectivity index (χ0n) is 11.0. The van der Waals surface area contributed by atoms with E-state index in [1.165, 1.54) is 12.8 Å². The highest BCUT2D eigenvalue weighted by Crippen LogP contribution is 2.28. The summed E-state index contributed by atoms with van der Waals surface area (Å²) in [5, 5.41) is 5.51. The predicted octanol–water partition coefficient (Wildman–Crippen LogP) is 2.21. The molecule has 0 aromatic heterocycles. The Morgan fingerprint density at radius 2 is 2.26 bits per heavy atom. The first-order valence-corrected chi connectivity index (χ1v) is 6.72. The number of carbonyl (C=O) groups is 1. The Bertz CT molecular complexity index is 419. The van der Waals surface area contributed by atoms with Gasteiger partial charge in [0.25, 0.3) is 0 Å². The summed E-state index contributed by atoms with van der Waals surface area (Å²) in [6.07, 6.45) is 3.44. The number of ether oxygens (including phenoxy) is 1. The van der Waals surface area contributed by atoms with E-state index in [0.717, 1.165) is 18.9 Å². The first-order valence-electron chi connectivity index (χ1n) is 6.72. The molecule has 5 nitrogen and oxygen atoms in total. The van der Waals surface area contributed by atoms with Crippen LogP contribution in [0.4, 0.5) is 16.2 Å². The van der Waals surface area contributed by atoms with Crippen LogP contribution < -0.4 is 16.4 Å². The van der Waals surface area contributed by atoms with Gasteiger partial charge in [-0.25, -0.2) is 4.79 Å². The van der Waals surface area contributed by atoms with Crippen LogP contribution >= 0.6 is 0 Å². The zero-order chi connectivity index (χ0) is 13.5. The smallest absolute Gasteiger partial charge is 0.319 e. The SMILES string of the molecule is Nc1cccc(NC(=O)NCCCOCC2CC2)c1. The van der Waals surface area contributed by atoms with Gasteiger partial charge < -0.3 is 21.1 Å². The van der Waals surface area contributed by atoms with Crippen molar-refractivity contribution in [3.05, 3.63) is 24.3 Å². The van der Waals surface area contributed by atoms with Gasteiger partial charge in [0, 0.05) is 31.1 Å². The number of benzene rings is 1. The predicted molar refractivity (Wildman–Crippen MR) is 76.0 cm³/mol. The molecule has 1 aliphatic carbocycles. The lowest BCUT2D eigenvalue weighted by Gasteiger charge is -2.08. The van der Waals surface area contributed by atoms with Crippen molar-refractivity contribution >= 4 is 17.4 Å². The average Bonchev–Trinajstić information content (AvgIpc) is 3.17. The summed E-state index contributed by atoms with van der Waals surface area (Å²) in [4.78, 5) is 11.6. The van der Waals surface area contributed by atoms with E-state index in [1.807, 2.05) is 0 Å². The fraction of sp³-hybridized carbons (Fsp3) is 0.500. The van der Waals surface area contributed by atoms with Crippen LogP contribution in [0.3, 0.4) is 0 Å². The molecule has 0 aliphatic heterocycles. The molecule has 19 heavy (non-hydrogen) atoms. The third kappa shape index (κ3) is 5.61. The van der Waals surface area contributed by atoms with Crippen LogP contribution in [0.1, 0.15) is 19.3 Å². The molecule has 1 saturated carbocycles. The van der Waals surface area contributed by atoms with Gasteiger partial charge in [-0.15, -0.1) is 0 Å². The molecule has 0 unspecified atom stereocenters. The number of nitrogen functional groups attached to an aromatic ring is 1. The minimum Gasteiger partial charge on any atom is -0.399 e. The first-order chi connectivity index (χ1) is 9.24. The lowest BCUT2D eigenvalue weighted by Crippen LogP contribution is -2.30. The van der Waals surface area contributed by atoms with Crippen LogP contribution in [-0.4, -0.2) is 25.8 Å². The van der Waals surface area contributed by atoms with Gasteiger partial charge in [0.1, 0.15) is 0 Å². The number of nitrogens with one attached hydrogen (secondary N) is 2. The Morgan fingerprint density at radius 3 is 3.00 bits per heavy atom. The van der Waals surface area contributed by atoms with Gasteiger partial charge >= 0.3 is 6.03 Å². The topological polar surface area (TPSA) is 76.4 Å². The Balaban J connectivity index is 1.53.